The highest BCUT2D eigenvalue weighted by molar-refractivity contribution is 5.30. The number of nitrogens with zero attached hydrogens (tertiary/aromatic N) is 2. The molecule has 0 saturated heterocycles. The Morgan fingerprint density at radius 2 is 2.17 bits per heavy atom. The van der Waals surface area contributed by atoms with Crippen LogP contribution >= 0.6 is 0 Å². The van der Waals surface area contributed by atoms with Gasteiger partial charge in [-0.1, -0.05) is 30.3 Å². The molecule has 1 unspecified atom stereocenters. The zero-order chi connectivity index (χ0) is 12.5. The molecule has 1 aliphatic rings. The molecule has 18 heavy (non-hydrogen) atoms. The van der Waals surface area contributed by atoms with Gasteiger partial charge >= 0.3 is 0 Å². The maximum absolute atomic E-state index is 6.23. The zero-order valence-corrected chi connectivity index (χ0v) is 10.6. The van der Waals surface area contributed by atoms with E-state index in [0.717, 1.165) is 31.0 Å². The molecule has 0 amide bonds. The molecule has 4 heteroatoms. The highest BCUT2D eigenvalue weighted by Gasteiger charge is 2.26. The van der Waals surface area contributed by atoms with E-state index in [9.17, 15) is 0 Å². The van der Waals surface area contributed by atoms with Gasteiger partial charge in [0.25, 0.3) is 0 Å². The lowest BCUT2D eigenvalue weighted by atomic mass is 10.00. The molecule has 3 N–H and O–H groups in total. The number of fused-ring (bicyclic) bond motifs is 1. The first-order valence-corrected chi connectivity index (χ1v) is 6.29. The Morgan fingerprint density at radius 1 is 1.39 bits per heavy atom. The third kappa shape index (κ3) is 2.05. The van der Waals surface area contributed by atoms with Crippen molar-refractivity contribution >= 4 is 0 Å². The average molecular weight is 242 g/mol. The maximum atomic E-state index is 6.23. The summed E-state index contributed by atoms with van der Waals surface area (Å²) >= 11 is 0. The number of H-pyrrole nitrogens is 1. The van der Waals surface area contributed by atoms with Crippen LogP contribution in [0.25, 0.3) is 0 Å². The Bertz CT molecular complexity index is 532. The first-order valence-electron chi connectivity index (χ1n) is 6.29. The average Bonchev–Trinajstić information content (AvgIpc) is 2.72. The van der Waals surface area contributed by atoms with Crippen LogP contribution in [0.5, 0.6) is 0 Å². The minimum absolute atomic E-state index is 0.0659. The van der Waals surface area contributed by atoms with Crippen LogP contribution in [-0.4, -0.2) is 21.6 Å². The van der Waals surface area contributed by atoms with Crippen molar-refractivity contribution in [3.8, 4) is 0 Å². The van der Waals surface area contributed by atoms with Gasteiger partial charge in [0.05, 0.1) is 5.69 Å². The first-order chi connectivity index (χ1) is 8.74. The summed E-state index contributed by atoms with van der Waals surface area (Å²) in [5.41, 5.74) is 11.0. The smallest absolute Gasteiger partial charge is 0.0813 e. The van der Waals surface area contributed by atoms with E-state index in [1.807, 2.05) is 13.0 Å². The van der Waals surface area contributed by atoms with Gasteiger partial charge in [-0.3, -0.25) is 10.00 Å². The largest absolute Gasteiger partial charge is 0.323 e. The molecule has 0 bridgehead atoms. The predicted octanol–water partition coefficient (Wildman–Crippen LogP) is 1.73. The van der Waals surface area contributed by atoms with Crippen molar-refractivity contribution < 1.29 is 0 Å². The minimum Gasteiger partial charge on any atom is -0.323 e. The second-order valence-electron chi connectivity index (χ2n) is 4.97. The molecule has 2 aromatic rings. The molecule has 2 heterocycles. The summed E-state index contributed by atoms with van der Waals surface area (Å²) in [7, 11) is 0. The SMILES string of the molecule is Cc1[nH]nc2c1C(N)CN(Cc1ccccc1)C2. The van der Waals surface area contributed by atoms with Gasteiger partial charge < -0.3 is 5.73 Å². The van der Waals surface area contributed by atoms with Crippen LogP contribution in [0.15, 0.2) is 30.3 Å². The van der Waals surface area contributed by atoms with E-state index in [0.29, 0.717) is 0 Å². The summed E-state index contributed by atoms with van der Waals surface area (Å²) in [6, 6.07) is 10.6. The minimum atomic E-state index is 0.0659. The van der Waals surface area contributed by atoms with Crippen LogP contribution in [0.2, 0.25) is 0 Å². The van der Waals surface area contributed by atoms with Crippen LogP contribution in [0, 0.1) is 6.92 Å². The summed E-state index contributed by atoms with van der Waals surface area (Å²) in [4.78, 5) is 2.35. The highest BCUT2D eigenvalue weighted by atomic mass is 15.2. The molecule has 1 aromatic heterocycles. The van der Waals surface area contributed by atoms with E-state index in [4.69, 9.17) is 5.73 Å². The Hall–Kier alpha value is -1.65. The first kappa shape index (κ1) is 11.4. The third-order valence-corrected chi connectivity index (χ3v) is 3.52. The summed E-state index contributed by atoms with van der Waals surface area (Å²) in [5, 5.41) is 7.39. The lowest BCUT2D eigenvalue weighted by molar-refractivity contribution is 0.220. The van der Waals surface area contributed by atoms with E-state index in [1.54, 1.807) is 0 Å². The van der Waals surface area contributed by atoms with Gasteiger partial charge in [0, 0.05) is 36.9 Å². The fraction of sp³-hybridized carbons (Fsp3) is 0.357. The summed E-state index contributed by atoms with van der Waals surface area (Å²) in [6.07, 6.45) is 0. The molecule has 1 aliphatic heterocycles. The molecule has 1 aromatic carbocycles. The standard InChI is InChI=1S/C14H18N4/c1-10-14-12(15)8-18(9-13(14)17-16-10)7-11-5-3-2-4-6-11/h2-6,12H,7-9,15H2,1H3,(H,16,17). The monoisotopic (exact) mass is 242 g/mol. The number of aromatic nitrogens is 2. The quantitative estimate of drug-likeness (QED) is 0.843. The number of benzene rings is 1. The molecule has 0 radical (unpaired) electrons. The van der Waals surface area contributed by atoms with Crippen molar-refractivity contribution in [2.45, 2.75) is 26.1 Å². The van der Waals surface area contributed by atoms with E-state index in [1.165, 1.54) is 11.1 Å². The van der Waals surface area contributed by atoms with Crippen molar-refractivity contribution in [1.29, 1.82) is 0 Å². The van der Waals surface area contributed by atoms with Crippen molar-refractivity contribution in [2.75, 3.05) is 6.54 Å². The molecule has 0 fully saturated rings. The summed E-state index contributed by atoms with van der Waals surface area (Å²) in [6.45, 7) is 4.74. The van der Waals surface area contributed by atoms with E-state index in [2.05, 4.69) is 39.4 Å². The van der Waals surface area contributed by atoms with Gasteiger partial charge in [0.2, 0.25) is 0 Å². The topological polar surface area (TPSA) is 57.9 Å². The molecular weight excluding hydrogens is 224 g/mol. The number of hydrogen-bond acceptors (Lipinski definition) is 3. The van der Waals surface area contributed by atoms with Gasteiger partial charge in [0.1, 0.15) is 0 Å². The van der Waals surface area contributed by atoms with E-state index < -0.39 is 0 Å². The van der Waals surface area contributed by atoms with Gasteiger partial charge in [-0.15, -0.1) is 0 Å². The molecule has 1 atom stereocenters. The van der Waals surface area contributed by atoms with Crippen molar-refractivity contribution in [1.82, 2.24) is 15.1 Å². The van der Waals surface area contributed by atoms with Crippen LogP contribution in [-0.2, 0) is 13.1 Å². The van der Waals surface area contributed by atoms with Gasteiger partial charge in [-0.2, -0.15) is 5.10 Å². The molecular formula is C14H18N4. The van der Waals surface area contributed by atoms with Crippen LogP contribution in [0.1, 0.15) is 28.6 Å². The Morgan fingerprint density at radius 3 is 2.94 bits per heavy atom. The molecule has 4 nitrogen and oxygen atoms in total. The third-order valence-electron chi connectivity index (χ3n) is 3.52. The number of aryl methyl sites for hydroxylation is 1. The van der Waals surface area contributed by atoms with E-state index in [-0.39, 0.29) is 6.04 Å². The zero-order valence-electron chi connectivity index (χ0n) is 10.6. The van der Waals surface area contributed by atoms with Gasteiger partial charge in [0.15, 0.2) is 0 Å². The Labute approximate surface area is 107 Å². The number of nitrogens with one attached hydrogen (secondary N) is 1. The van der Waals surface area contributed by atoms with Crippen LogP contribution in [0.4, 0.5) is 0 Å². The van der Waals surface area contributed by atoms with Crippen molar-refractivity contribution in [3.63, 3.8) is 0 Å². The summed E-state index contributed by atoms with van der Waals surface area (Å²) in [5.74, 6) is 0. The van der Waals surface area contributed by atoms with E-state index >= 15 is 0 Å². The lowest BCUT2D eigenvalue weighted by Crippen LogP contribution is -2.36. The van der Waals surface area contributed by atoms with Crippen LogP contribution in [0.3, 0.4) is 0 Å². The normalized spacial score (nSPS) is 19.8. The fourth-order valence-electron chi connectivity index (χ4n) is 2.71. The molecule has 0 saturated carbocycles. The Balaban J connectivity index is 1.78. The van der Waals surface area contributed by atoms with Gasteiger partial charge in [-0.25, -0.2) is 0 Å². The molecule has 3 rings (SSSR count). The number of hydrogen-bond donors (Lipinski definition) is 2. The van der Waals surface area contributed by atoms with Crippen LogP contribution < -0.4 is 5.73 Å². The number of aromatic amines is 1. The fourth-order valence-corrected chi connectivity index (χ4v) is 2.71. The van der Waals surface area contributed by atoms with Crippen molar-refractivity contribution in [2.24, 2.45) is 5.73 Å². The predicted molar refractivity (Wildman–Crippen MR) is 70.8 cm³/mol. The Kier molecular flexibility index (Phi) is 2.89. The second kappa shape index (κ2) is 4.55. The van der Waals surface area contributed by atoms with Crippen molar-refractivity contribution in [3.05, 3.63) is 52.8 Å². The molecule has 0 spiro atoms. The number of nitrogens with two attached hydrogens (primary N) is 1. The molecule has 0 aliphatic carbocycles. The maximum Gasteiger partial charge on any atom is 0.0813 e. The van der Waals surface area contributed by atoms with Gasteiger partial charge in [-0.05, 0) is 12.5 Å². The lowest BCUT2D eigenvalue weighted by Gasteiger charge is -2.30. The molecule has 94 valence electrons. The number of rotatable bonds is 2. The summed E-state index contributed by atoms with van der Waals surface area (Å²) < 4.78 is 0. The highest BCUT2D eigenvalue weighted by Crippen LogP contribution is 2.26. The second-order valence-corrected chi connectivity index (χ2v) is 4.97.